The van der Waals surface area contributed by atoms with Gasteiger partial charge in [-0.1, -0.05) is 13.3 Å². The number of aliphatic hydroxyl groups excluding tert-OH is 1. The van der Waals surface area contributed by atoms with Crippen molar-refractivity contribution in [1.82, 2.24) is 5.32 Å². The van der Waals surface area contributed by atoms with Crippen molar-refractivity contribution in [2.45, 2.75) is 51.1 Å². The highest BCUT2D eigenvalue weighted by atomic mass is 16.3. The third kappa shape index (κ3) is 2.05. The third-order valence-electron chi connectivity index (χ3n) is 3.72. The number of hydrogen-bond donors (Lipinski definition) is 2. The molecule has 2 saturated carbocycles. The fourth-order valence-corrected chi connectivity index (χ4v) is 2.82. The summed E-state index contributed by atoms with van der Waals surface area (Å²) in [5.74, 6) is 1.46. The smallest absolute Gasteiger partial charge is 0.0474 e. The standard InChI is InChI=1S/C11H21NO/c1-8-5-10(6-8)12-11-4-2-3-9(11)7-13/h8-13H,2-7H2,1H3. The molecule has 0 aromatic heterocycles. The maximum Gasteiger partial charge on any atom is 0.0474 e. The highest BCUT2D eigenvalue weighted by Gasteiger charge is 2.32. The van der Waals surface area contributed by atoms with Crippen LogP contribution in [-0.2, 0) is 0 Å². The van der Waals surface area contributed by atoms with Crippen molar-refractivity contribution < 1.29 is 5.11 Å². The fourth-order valence-electron chi connectivity index (χ4n) is 2.82. The van der Waals surface area contributed by atoms with Gasteiger partial charge >= 0.3 is 0 Å². The van der Waals surface area contributed by atoms with Gasteiger partial charge in [0.05, 0.1) is 0 Å². The molecule has 2 heteroatoms. The largest absolute Gasteiger partial charge is 0.396 e. The summed E-state index contributed by atoms with van der Waals surface area (Å²) in [5.41, 5.74) is 0. The van der Waals surface area contributed by atoms with Crippen LogP contribution in [0.5, 0.6) is 0 Å². The van der Waals surface area contributed by atoms with Crippen molar-refractivity contribution in [3.05, 3.63) is 0 Å². The summed E-state index contributed by atoms with van der Waals surface area (Å²) in [6.07, 6.45) is 6.47. The van der Waals surface area contributed by atoms with Crippen LogP contribution in [0, 0.1) is 11.8 Å². The molecule has 2 atom stereocenters. The Balaban J connectivity index is 1.74. The number of hydrogen-bond acceptors (Lipinski definition) is 2. The molecule has 2 rings (SSSR count). The van der Waals surface area contributed by atoms with Gasteiger partial charge in [-0.3, -0.25) is 0 Å². The molecule has 2 nitrogen and oxygen atoms in total. The van der Waals surface area contributed by atoms with E-state index in [2.05, 4.69) is 12.2 Å². The molecule has 2 N–H and O–H groups in total. The van der Waals surface area contributed by atoms with Crippen LogP contribution in [0.3, 0.4) is 0 Å². The summed E-state index contributed by atoms with van der Waals surface area (Å²) in [5, 5.41) is 12.8. The molecule has 0 amide bonds. The van der Waals surface area contributed by atoms with E-state index in [1.807, 2.05) is 0 Å². The van der Waals surface area contributed by atoms with Crippen molar-refractivity contribution >= 4 is 0 Å². The zero-order valence-electron chi connectivity index (χ0n) is 8.50. The predicted molar refractivity (Wildman–Crippen MR) is 53.5 cm³/mol. The molecule has 0 aromatic rings. The molecule has 0 bridgehead atoms. The highest BCUT2D eigenvalue weighted by Crippen LogP contribution is 2.31. The van der Waals surface area contributed by atoms with E-state index in [1.54, 1.807) is 0 Å². The van der Waals surface area contributed by atoms with Gasteiger partial charge in [0.15, 0.2) is 0 Å². The Kier molecular flexibility index (Phi) is 2.89. The van der Waals surface area contributed by atoms with Crippen LogP contribution in [0.1, 0.15) is 39.0 Å². The molecule has 0 aromatic carbocycles. The van der Waals surface area contributed by atoms with Crippen LogP contribution in [0.25, 0.3) is 0 Å². The van der Waals surface area contributed by atoms with Crippen LogP contribution >= 0.6 is 0 Å². The summed E-state index contributed by atoms with van der Waals surface area (Å²) in [4.78, 5) is 0. The second-order valence-corrected chi connectivity index (χ2v) is 4.92. The number of nitrogens with one attached hydrogen (secondary N) is 1. The zero-order chi connectivity index (χ0) is 9.26. The van der Waals surface area contributed by atoms with Crippen LogP contribution < -0.4 is 5.32 Å². The van der Waals surface area contributed by atoms with Crippen LogP contribution in [0.2, 0.25) is 0 Å². The van der Waals surface area contributed by atoms with Gasteiger partial charge in [0.1, 0.15) is 0 Å². The molecule has 2 unspecified atom stereocenters. The van der Waals surface area contributed by atoms with Gasteiger partial charge in [-0.15, -0.1) is 0 Å². The molecule has 2 aliphatic rings. The Hall–Kier alpha value is -0.0800. The monoisotopic (exact) mass is 183 g/mol. The van der Waals surface area contributed by atoms with E-state index in [1.165, 1.54) is 32.1 Å². The average molecular weight is 183 g/mol. The topological polar surface area (TPSA) is 32.3 Å². The summed E-state index contributed by atoms with van der Waals surface area (Å²) in [7, 11) is 0. The van der Waals surface area contributed by atoms with Gasteiger partial charge in [0.25, 0.3) is 0 Å². The van der Waals surface area contributed by atoms with Gasteiger partial charge in [-0.2, -0.15) is 0 Å². The molecule has 0 spiro atoms. The summed E-state index contributed by atoms with van der Waals surface area (Å²) in [6.45, 7) is 2.69. The van der Waals surface area contributed by atoms with Crippen LogP contribution in [0.15, 0.2) is 0 Å². The van der Waals surface area contributed by atoms with E-state index in [-0.39, 0.29) is 0 Å². The summed E-state index contributed by atoms with van der Waals surface area (Å²) >= 11 is 0. The molecule has 0 heterocycles. The zero-order valence-corrected chi connectivity index (χ0v) is 8.50. The van der Waals surface area contributed by atoms with E-state index in [0.717, 1.165) is 12.0 Å². The van der Waals surface area contributed by atoms with Gasteiger partial charge in [-0.05, 0) is 37.5 Å². The van der Waals surface area contributed by atoms with Crippen molar-refractivity contribution in [2.24, 2.45) is 11.8 Å². The second-order valence-electron chi connectivity index (χ2n) is 4.92. The van der Waals surface area contributed by atoms with Crippen molar-refractivity contribution in [2.75, 3.05) is 6.61 Å². The first-order valence-electron chi connectivity index (χ1n) is 5.66. The lowest BCUT2D eigenvalue weighted by molar-refractivity contribution is 0.167. The minimum Gasteiger partial charge on any atom is -0.396 e. The Bertz CT molecular complexity index is 165. The van der Waals surface area contributed by atoms with Crippen LogP contribution in [0.4, 0.5) is 0 Å². The minimum absolute atomic E-state index is 0.375. The second kappa shape index (κ2) is 3.97. The summed E-state index contributed by atoms with van der Waals surface area (Å²) in [6, 6.07) is 1.37. The van der Waals surface area contributed by atoms with E-state index < -0.39 is 0 Å². The van der Waals surface area contributed by atoms with Gasteiger partial charge in [0.2, 0.25) is 0 Å². The fraction of sp³-hybridized carbons (Fsp3) is 1.00. The lowest BCUT2D eigenvalue weighted by Gasteiger charge is -2.37. The van der Waals surface area contributed by atoms with Crippen molar-refractivity contribution in [3.8, 4) is 0 Å². The average Bonchev–Trinajstić information content (AvgIpc) is 2.49. The molecule has 76 valence electrons. The Morgan fingerprint density at radius 2 is 2.08 bits per heavy atom. The number of aliphatic hydroxyl groups is 1. The van der Waals surface area contributed by atoms with Crippen molar-refractivity contribution in [3.63, 3.8) is 0 Å². The lowest BCUT2D eigenvalue weighted by atomic mass is 9.81. The Labute approximate surface area is 80.7 Å². The molecule has 2 fully saturated rings. The third-order valence-corrected chi connectivity index (χ3v) is 3.72. The molecule has 0 aliphatic heterocycles. The highest BCUT2D eigenvalue weighted by molar-refractivity contribution is 4.90. The van der Waals surface area contributed by atoms with E-state index >= 15 is 0 Å². The van der Waals surface area contributed by atoms with Crippen molar-refractivity contribution in [1.29, 1.82) is 0 Å². The lowest BCUT2D eigenvalue weighted by Crippen LogP contribution is -2.47. The molecule has 2 aliphatic carbocycles. The van der Waals surface area contributed by atoms with Gasteiger partial charge in [0, 0.05) is 18.7 Å². The van der Waals surface area contributed by atoms with Gasteiger partial charge < -0.3 is 10.4 Å². The van der Waals surface area contributed by atoms with E-state index in [4.69, 9.17) is 5.11 Å². The Morgan fingerprint density at radius 3 is 2.69 bits per heavy atom. The molecular weight excluding hydrogens is 162 g/mol. The first kappa shape index (κ1) is 9.47. The van der Waals surface area contributed by atoms with Gasteiger partial charge in [-0.25, -0.2) is 0 Å². The van der Waals surface area contributed by atoms with E-state index in [0.29, 0.717) is 18.6 Å². The molecule has 0 radical (unpaired) electrons. The predicted octanol–water partition coefficient (Wildman–Crippen LogP) is 1.54. The van der Waals surface area contributed by atoms with Crippen LogP contribution in [-0.4, -0.2) is 23.8 Å². The molecular formula is C11H21NO. The number of rotatable bonds is 3. The summed E-state index contributed by atoms with van der Waals surface area (Å²) < 4.78 is 0. The molecule has 0 saturated heterocycles. The normalized spacial score (nSPS) is 44.8. The maximum absolute atomic E-state index is 9.15. The first-order valence-corrected chi connectivity index (χ1v) is 5.66. The quantitative estimate of drug-likeness (QED) is 0.695. The first-order chi connectivity index (χ1) is 6.29. The molecule has 13 heavy (non-hydrogen) atoms. The maximum atomic E-state index is 9.15. The van der Waals surface area contributed by atoms with E-state index in [9.17, 15) is 0 Å². The Morgan fingerprint density at radius 1 is 1.31 bits per heavy atom. The minimum atomic E-state index is 0.375. The SMILES string of the molecule is CC1CC(NC2CCCC2CO)C1.